The van der Waals surface area contributed by atoms with Crippen LogP contribution in [0.25, 0.3) is 11.4 Å². The molecule has 0 saturated carbocycles. The third-order valence-electron chi connectivity index (χ3n) is 2.66. The molecule has 0 aliphatic carbocycles. The van der Waals surface area contributed by atoms with Crippen molar-refractivity contribution in [2.24, 2.45) is 5.73 Å². The van der Waals surface area contributed by atoms with E-state index < -0.39 is 0 Å². The third-order valence-corrected chi connectivity index (χ3v) is 2.66. The minimum absolute atomic E-state index is 0.175. The second kappa shape index (κ2) is 5.71. The molecule has 1 atom stereocenters. The van der Waals surface area contributed by atoms with Crippen molar-refractivity contribution in [3.05, 3.63) is 24.0 Å². The summed E-state index contributed by atoms with van der Waals surface area (Å²) < 4.78 is 10.8. The molecule has 0 fully saturated rings. The summed E-state index contributed by atoms with van der Waals surface area (Å²) >= 11 is 0. The van der Waals surface area contributed by atoms with E-state index in [1.165, 1.54) is 0 Å². The second-order valence-corrected chi connectivity index (χ2v) is 4.13. The van der Waals surface area contributed by atoms with Crippen LogP contribution in [-0.2, 0) is 0 Å². The molecule has 3 N–H and O–H groups in total. The lowest BCUT2D eigenvalue weighted by atomic mass is 10.2. The molecular weight excluding hydrogens is 244 g/mol. The zero-order chi connectivity index (χ0) is 13.8. The van der Waals surface area contributed by atoms with E-state index in [0.717, 1.165) is 5.56 Å². The highest BCUT2D eigenvalue weighted by Crippen LogP contribution is 2.31. The largest absolute Gasteiger partial charge is 0.493 e. The highest BCUT2D eigenvalue weighted by atomic mass is 16.5. The maximum atomic E-state index is 5.75. The maximum absolute atomic E-state index is 5.75. The van der Waals surface area contributed by atoms with Crippen molar-refractivity contribution in [3.8, 4) is 22.9 Å². The van der Waals surface area contributed by atoms with E-state index in [0.29, 0.717) is 29.8 Å². The van der Waals surface area contributed by atoms with Gasteiger partial charge >= 0.3 is 0 Å². The average molecular weight is 262 g/mol. The van der Waals surface area contributed by atoms with E-state index in [1.807, 2.05) is 32.0 Å². The van der Waals surface area contributed by atoms with Crippen LogP contribution in [0.5, 0.6) is 11.5 Å². The Labute approximate surface area is 111 Å². The van der Waals surface area contributed by atoms with Gasteiger partial charge in [0.15, 0.2) is 17.3 Å². The van der Waals surface area contributed by atoms with Crippen molar-refractivity contribution < 1.29 is 9.47 Å². The van der Waals surface area contributed by atoms with E-state index in [9.17, 15) is 0 Å². The van der Waals surface area contributed by atoms with Crippen LogP contribution in [-0.4, -0.2) is 28.9 Å². The Kier molecular flexibility index (Phi) is 4.01. The molecule has 1 aromatic heterocycles. The molecule has 6 nitrogen and oxygen atoms in total. The molecule has 19 heavy (non-hydrogen) atoms. The number of methoxy groups -OCH3 is 1. The molecule has 0 spiro atoms. The summed E-state index contributed by atoms with van der Waals surface area (Å²) in [4.78, 5) is 4.34. The summed E-state index contributed by atoms with van der Waals surface area (Å²) in [5.41, 5.74) is 6.60. The number of ether oxygens (including phenoxy) is 2. The molecule has 0 aliphatic heterocycles. The molecule has 0 bridgehead atoms. The number of hydrogen-bond acceptors (Lipinski definition) is 5. The normalized spacial score (nSPS) is 12.2. The van der Waals surface area contributed by atoms with Gasteiger partial charge in [-0.1, -0.05) is 0 Å². The predicted octanol–water partition coefficient (Wildman–Crippen LogP) is 1.90. The van der Waals surface area contributed by atoms with Gasteiger partial charge in [-0.05, 0) is 32.0 Å². The van der Waals surface area contributed by atoms with Gasteiger partial charge in [0.2, 0.25) is 0 Å². The lowest BCUT2D eigenvalue weighted by molar-refractivity contribution is 0.311. The Morgan fingerprint density at radius 1 is 1.37 bits per heavy atom. The zero-order valence-electron chi connectivity index (χ0n) is 11.3. The van der Waals surface area contributed by atoms with Gasteiger partial charge in [0, 0.05) is 5.56 Å². The van der Waals surface area contributed by atoms with Gasteiger partial charge in [0.05, 0.1) is 19.8 Å². The standard InChI is InChI=1S/C13H18N4O2/c1-4-19-10-6-5-9(7-11(10)18-3)13-15-12(8(2)14)16-17-13/h5-8H,4,14H2,1-3H3,(H,15,16,17). The first-order chi connectivity index (χ1) is 9.15. The molecular formula is C13H18N4O2. The van der Waals surface area contributed by atoms with Crippen LogP contribution in [0.3, 0.4) is 0 Å². The topological polar surface area (TPSA) is 86.0 Å². The zero-order valence-corrected chi connectivity index (χ0v) is 11.3. The number of aromatic nitrogens is 3. The van der Waals surface area contributed by atoms with Crippen molar-refractivity contribution in [2.75, 3.05) is 13.7 Å². The number of nitrogens with two attached hydrogens (primary N) is 1. The molecule has 1 aromatic carbocycles. The van der Waals surface area contributed by atoms with Crippen LogP contribution in [0.15, 0.2) is 18.2 Å². The average Bonchev–Trinajstić information content (AvgIpc) is 2.89. The molecule has 0 aliphatic rings. The number of nitrogens with one attached hydrogen (secondary N) is 1. The fourth-order valence-electron chi connectivity index (χ4n) is 1.69. The number of rotatable bonds is 5. The van der Waals surface area contributed by atoms with Crippen LogP contribution < -0.4 is 15.2 Å². The van der Waals surface area contributed by atoms with Gasteiger partial charge in [0.25, 0.3) is 0 Å². The molecule has 6 heteroatoms. The van der Waals surface area contributed by atoms with Crippen molar-refractivity contribution >= 4 is 0 Å². The lowest BCUT2D eigenvalue weighted by Crippen LogP contribution is -2.06. The Bertz CT molecular complexity index is 551. The molecule has 102 valence electrons. The SMILES string of the molecule is CCOc1ccc(-c2n[nH]c(C(C)N)n2)cc1OC. The number of nitrogens with zero attached hydrogens (tertiary/aromatic N) is 2. The fraction of sp³-hybridized carbons (Fsp3) is 0.385. The van der Waals surface area contributed by atoms with Crippen LogP contribution >= 0.6 is 0 Å². The minimum atomic E-state index is -0.175. The molecule has 0 saturated heterocycles. The minimum Gasteiger partial charge on any atom is -0.493 e. The fourth-order valence-corrected chi connectivity index (χ4v) is 1.69. The monoisotopic (exact) mass is 262 g/mol. The highest BCUT2D eigenvalue weighted by molar-refractivity contribution is 5.60. The van der Waals surface area contributed by atoms with Crippen molar-refractivity contribution in [3.63, 3.8) is 0 Å². The summed E-state index contributed by atoms with van der Waals surface area (Å²) in [5.74, 6) is 2.61. The van der Waals surface area contributed by atoms with E-state index in [2.05, 4.69) is 15.2 Å². The maximum Gasteiger partial charge on any atom is 0.181 e. The molecule has 1 heterocycles. The Morgan fingerprint density at radius 3 is 2.74 bits per heavy atom. The van der Waals surface area contributed by atoms with Gasteiger partial charge in [0.1, 0.15) is 5.82 Å². The number of aromatic amines is 1. The van der Waals surface area contributed by atoms with Crippen molar-refractivity contribution in [2.45, 2.75) is 19.9 Å². The summed E-state index contributed by atoms with van der Waals surface area (Å²) in [7, 11) is 1.60. The van der Waals surface area contributed by atoms with Crippen LogP contribution in [0, 0.1) is 0 Å². The molecule has 2 rings (SSSR count). The summed E-state index contributed by atoms with van der Waals surface area (Å²) in [6, 6.07) is 5.41. The molecule has 1 unspecified atom stereocenters. The van der Waals surface area contributed by atoms with E-state index >= 15 is 0 Å². The first kappa shape index (κ1) is 13.4. The number of H-pyrrole nitrogens is 1. The first-order valence-electron chi connectivity index (χ1n) is 6.14. The molecule has 0 amide bonds. The predicted molar refractivity (Wildman–Crippen MR) is 72.1 cm³/mol. The van der Waals surface area contributed by atoms with Crippen molar-refractivity contribution in [1.29, 1.82) is 0 Å². The lowest BCUT2D eigenvalue weighted by Gasteiger charge is -2.09. The van der Waals surface area contributed by atoms with Gasteiger partial charge < -0.3 is 15.2 Å². The Balaban J connectivity index is 2.34. The third kappa shape index (κ3) is 2.85. The van der Waals surface area contributed by atoms with Gasteiger partial charge in [-0.3, -0.25) is 5.10 Å². The second-order valence-electron chi connectivity index (χ2n) is 4.13. The number of benzene rings is 1. The van der Waals surface area contributed by atoms with Crippen molar-refractivity contribution in [1.82, 2.24) is 15.2 Å². The van der Waals surface area contributed by atoms with Crippen LogP contribution in [0.1, 0.15) is 25.7 Å². The summed E-state index contributed by atoms with van der Waals surface area (Å²) in [6.45, 7) is 4.37. The van der Waals surface area contributed by atoms with Gasteiger partial charge in [-0.25, -0.2) is 4.98 Å². The molecule has 0 radical (unpaired) electrons. The smallest absolute Gasteiger partial charge is 0.181 e. The van der Waals surface area contributed by atoms with E-state index in [4.69, 9.17) is 15.2 Å². The summed E-state index contributed by atoms with van der Waals surface area (Å²) in [5, 5.41) is 6.97. The van der Waals surface area contributed by atoms with E-state index in [-0.39, 0.29) is 6.04 Å². The quantitative estimate of drug-likeness (QED) is 0.859. The van der Waals surface area contributed by atoms with E-state index in [1.54, 1.807) is 7.11 Å². The Hall–Kier alpha value is -2.08. The van der Waals surface area contributed by atoms with Crippen LogP contribution in [0.4, 0.5) is 0 Å². The number of hydrogen-bond donors (Lipinski definition) is 2. The van der Waals surface area contributed by atoms with Gasteiger partial charge in [-0.15, -0.1) is 0 Å². The van der Waals surface area contributed by atoms with Gasteiger partial charge in [-0.2, -0.15) is 5.10 Å². The Morgan fingerprint density at radius 2 is 2.16 bits per heavy atom. The molecule has 2 aromatic rings. The summed E-state index contributed by atoms with van der Waals surface area (Å²) in [6.07, 6.45) is 0. The first-order valence-corrected chi connectivity index (χ1v) is 6.14. The highest BCUT2D eigenvalue weighted by Gasteiger charge is 2.12. The van der Waals surface area contributed by atoms with Crippen LogP contribution in [0.2, 0.25) is 0 Å².